The number of carbonyl (C=O) groups excluding carboxylic acids is 4. The fraction of sp³-hybridized carbons (Fsp3) is 0.357. The summed E-state index contributed by atoms with van der Waals surface area (Å²) in [6.07, 6.45) is 2.27. The van der Waals surface area contributed by atoms with Crippen LogP contribution < -0.4 is 4.90 Å². The Kier molecular flexibility index (Phi) is 5.34. The number of anilines is 1. The number of hydrogen-bond donors (Lipinski definition) is 1. The maximum atomic E-state index is 14.6. The molecule has 1 N–H and O–H groups in total. The number of amides is 4. The van der Waals surface area contributed by atoms with E-state index in [4.69, 9.17) is 11.6 Å². The van der Waals surface area contributed by atoms with Gasteiger partial charge in [0, 0.05) is 13.0 Å². The Morgan fingerprint density at radius 3 is 2.39 bits per heavy atom. The summed E-state index contributed by atoms with van der Waals surface area (Å²) in [5.41, 5.74) is -0.202. The van der Waals surface area contributed by atoms with Gasteiger partial charge in [0.2, 0.25) is 23.6 Å². The van der Waals surface area contributed by atoms with Crippen molar-refractivity contribution in [2.45, 2.75) is 25.7 Å². The zero-order valence-corrected chi connectivity index (χ0v) is 21.2. The lowest BCUT2D eigenvalue weighted by Gasteiger charge is -2.49. The highest BCUT2D eigenvalue weighted by molar-refractivity contribution is 6.31. The number of allylic oxidation sites excluding steroid dienone is 2. The smallest absolute Gasteiger partial charge is 0.241 e. The highest BCUT2D eigenvalue weighted by atomic mass is 35.5. The van der Waals surface area contributed by atoms with Crippen molar-refractivity contribution >= 4 is 40.9 Å². The Hall–Kier alpha value is -3.59. The summed E-state index contributed by atoms with van der Waals surface area (Å²) in [7, 11) is 1.44. The minimum absolute atomic E-state index is 0.111. The summed E-state index contributed by atoms with van der Waals surface area (Å²) in [4.78, 5) is 56.1. The van der Waals surface area contributed by atoms with Crippen LogP contribution in [0.5, 0.6) is 5.75 Å². The Bertz CT molecular complexity index is 1490. The second-order valence-corrected chi connectivity index (χ2v) is 11.1. The first kappa shape index (κ1) is 24.7. The van der Waals surface area contributed by atoms with E-state index in [1.54, 1.807) is 6.92 Å². The van der Waals surface area contributed by atoms with Crippen molar-refractivity contribution in [3.05, 3.63) is 70.3 Å². The van der Waals surface area contributed by atoms with Crippen LogP contribution in [0.15, 0.2) is 48.0 Å². The van der Waals surface area contributed by atoms with Gasteiger partial charge in [0.1, 0.15) is 5.82 Å². The predicted molar refractivity (Wildman–Crippen MR) is 132 cm³/mol. The molecule has 0 bridgehead atoms. The van der Waals surface area contributed by atoms with Gasteiger partial charge in [-0.2, -0.15) is 0 Å². The number of phenolic OH excluding ortho intramolecular Hbond substituents is 1. The number of fused-ring (bicyclic) bond motifs is 4. The zero-order chi connectivity index (χ0) is 27.3. The second-order valence-electron chi connectivity index (χ2n) is 10.7. The molecule has 1 saturated carbocycles. The molecule has 3 fully saturated rings. The first-order valence-electron chi connectivity index (χ1n) is 12.3. The fourth-order valence-corrected chi connectivity index (χ4v) is 7.30. The predicted octanol–water partition coefficient (Wildman–Crippen LogP) is 4.18. The van der Waals surface area contributed by atoms with Crippen molar-refractivity contribution < 1.29 is 33.1 Å². The van der Waals surface area contributed by atoms with Gasteiger partial charge in [-0.15, -0.1) is 0 Å². The van der Waals surface area contributed by atoms with Crippen molar-refractivity contribution in [2.75, 3.05) is 11.9 Å². The number of nitrogens with zero attached hydrogens (tertiary/aromatic N) is 2. The molecule has 4 amide bonds. The van der Waals surface area contributed by atoms with E-state index in [0.717, 1.165) is 21.9 Å². The molecular formula is C28H23ClF2N2O5. The van der Waals surface area contributed by atoms with Crippen LogP contribution in [0.25, 0.3) is 0 Å². The van der Waals surface area contributed by atoms with E-state index in [-0.39, 0.29) is 35.4 Å². The summed E-state index contributed by atoms with van der Waals surface area (Å²) in [6, 6.07) is 7.41. The molecule has 6 rings (SSSR count). The molecule has 0 radical (unpaired) electrons. The molecule has 4 aliphatic rings. The number of carbonyl (C=O) groups is 4. The van der Waals surface area contributed by atoms with Gasteiger partial charge in [0.25, 0.3) is 0 Å². The summed E-state index contributed by atoms with van der Waals surface area (Å²) in [5, 5.41) is 9.57. The van der Waals surface area contributed by atoms with E-state index in [1.807, 2.05) is 6.08 Å². The SMILES string of the molecule is CN1C(=O)C2CC=C3C(CC4C(=O)N(c5ccc(F)c(Cl)c5)C(=O)C4(C)C3c3ccc(O)c(F)c3)C2C1=O. The highest BCUT2D eigenvalue weighted by Gasteiger charge is 2.67. The van der Waals surface area contributed by atoms with Crippen LogP contribution >= 0.6 is 11.6 Å². The molecule has 2 aliphatic heterocycles. The van der Waals surface area contributed by atoms with E-state index in [2.05, 4.69) is 0 Å². The molecule has 6 unspecified atom stereocenters. The Morgan fingerprint density at radius 2 is 1.71 bits per heavy atom. The molecule has 0 aromatic heterocycles. The lowest BCUT2D eigenvalue weighted by Crippen LogP contribution is -2.48. The van der Waals surface area contributed by atoms with Crippen LogP contribution in [-0.4, -0.2) is 40.7 Å². The summed E-state index contributed by atoms with van der Waals surface area (Å²) in [5.74, 6) is -7.36. The van der Waals surface area contributed by atoms with Gasteiger partial charge in [-0.05, 0) is 61.6 Å². The third-order valence-corrected chi connectivity index (χ3v) is 9.25. The molecule has 38 heavy (non-hydrogen) atoms. The summed E-state index contributed by atoms with van der Waals surface area (Å²) in [6.45, 7) is 1.65. The van der Waals surface area contributed by atoms with Gasteiger partial charge in [-0.1, -0.05) is 29.3 Å². The van der Waals surface area contributed by atoms with E-state index in [0.29, 0.717) is 11.1 Å². The van der Waals surface area contributed by atoms with Crippen molar-refractivity contribution in [2.24, 2.45) is 29.1 Å². The minimum atomic E-state index is -1.38. The summed E-state index contributed by atoms with van der Waals surface area (Å²) < 4.78 is 28.5. The first-order valence-corrected chi connectivity index (χ1v) is 12.7. The van der Waals surface area contributed by atoms with Crippen LogP contribution in [0.1, 0.15) is 31.2 Å². The maximum Gasteiger partial charge on any atom is 0.241 e. The molecular weight excluding hydrogens is 518 g/mol. The van der Waals surface area contributed by atoms with Crippen molar-refractivity contribution in [3.63, 3.8) is 0 Å². The topological polar surface area (TPSA) is 95.0 Å². The average Bonchev–Trinajstić information content (AvgIpc) is 3.22. The summed E-state index contributed by atoms with van der Waals surface area (Å²) >= 11 is 5.96. The molecule has 0 spiro atoms. The number of hydrogen-bond acceptors (Lipinski definition) is 5. The second kappa shape index (κ2) is 8.20. The number of halogens is 3. The van der Waals surface area contributed by atoms with E-state index < -0.39 is 64.2 Å². The van der Waals surface area contributed by atoms with Crippen LogP contribution in [0.2, 0.25) is 5.02 Å². The van der Waals surface area contributed by atoms with Gasteiger partial charge < -0.3 is 5.11 Å². The molecule has 2 aromatic rings. The average molecular weight is 541 g/mol. The van der Waals surface area contributed by atoms with Crippen LogP contribution in [0, 0.1) is 40.7 Å². The van der Waals surface area contributed by atoms with Crippen molar-refractivity contribution in [1.29, 1.82) is 0 Å². The standard InChI is InChI=1S/C28H23ClF2N2O5/c1-28-17(25(36)33(27(28)38)13-4-7-19(30)18(29)10-13)11-16-14(23(28)12-3-8-21(34)20(31)9-12)5-6-15-22(16)26(37)32(2)24(15)35/h3-5,7-10,15-17,22-23,34H,6,11H2,1-2H3. The van der Waals surface area contributed by atoms with Gasteiger partial charge >= 0.3 is 0 Å². The largest absolute Gasteiger partial charge is 0.505 e. The molecule has 2 saturated heterocycles. The number of rotatable bonds is 2. The zero-order valence-electron chi connectivity index (χ0n) is 20.5. The lowest BCUT2D eigenvalue weighted by atomic mass is 9.51. The van der Waals surface area contributed by atoms with Crippen LogP contribution in [-0.2, 0) is 19.2 Å². The molecule has 6 atom stereocenters. The van der Waals surface area contributed by atoms with E-state index in [1.165, 1.54) is 31.3 Å². The Balaban J connectivity index is 1.54. The number of imide groups is 2. The number of aromatic hydroxyl groups is 1. The minimum Gasteiger partial charge on any atom is -0.505 e. The normalized spacial score (nSPS) is 32.3. The molecule has 10 heteroatoms. The van der Waals surface area contributed by atoms with Crippen LogP contribution in [0.4, 0.5) is 14.5 Å². The Labute approximate surface area is 221 Å². The fourth-order valence-electron chi connectivity index (χ4n) is 7.13. The lowest BCUT2D eigenvalue weighted by molar-refractivity contribution is -0.138. The maximum absolute atomic E-state index is 14.6. The monoisotopic (exact) mass is 540 g/mol. The van der Waals surface area contributed by atoms with Gasteiger partial charge in [0.15, 0.2) is 11.6 Å². The highest BCUT2D eigenvalue weighted by Crippen LogP contribution is 2.63. The molecule has 2 heterocycles. The van der Waals surface area contributed by atoms with Gasteiger partial charge in [0.05, 0.1) is 33.9 Å². The van der Waals surface area contributed by atoms with E-state index in [9.17, 15) is 33.1 Å². The first-order chi connectivity index (χ1) is 18.0. The number of benzene rings is 2. The van der Waals surface area contributed by atoms with Crippen molar-refractivity contribution in [1.82, 2.24) is 4.90 Å². The molecule has 2 aromatic carbocycles. The Morgan fingerprint density at radius 1 is 0.974 bits per heavy atom. The molecule has 2 aliphatic carbocycles. The molecule has 196 valence electrons. The quantitative estimate of drug-likeness (QED) is 0.455. The number of likely N-dealkylation sites (tertiary alicyclic amines) is 1. The third-order valence-electron chi connectivity index (χ3n) is 8.96. The van der Waals surface area contributed by atoms with Gasteiger partial charge in [-0.25, -0.2) is 13.7 Å². The number of phenols is 1. The molecule has 7 nitrogen and oxygen atoms in total. The van der Waals surface area contributed by atoms with Crippen LogP contribution in [0.3, 0.4) is 0 Å². The van der Waals surface area contributed by atoms with E-state index >= 15 is 0 Å². The van der Waals surface area contributed by atoms with Crippen molar-refractivity contribution in [3.8, 4) is 5.75 Å². The third kappa shape index (κ3) is 3.11. The van der Waals surface area contributed by atoms with Gasteiger partial charge in [-0.3, -0.25) is 24.1 Å².